The summed E-state index contributed by atoms with van der Waals surface area (Å²) in [5.74, 6) is 0.507. The van der Waals surface area contributed by atoms with E-state index >= 15 is 0 Å². The highest BCUT2D eigenvalue weighted by Crippen LogP contribution is 2.17. The number of pyridine rings is 1. The van der Waals surface area contributed by atoms with Crippen molar-refractivity contribution in [2.75, 3.05) is 5.75 Å². The zero-order valence-electron chi connectivity index (χ0n) is 8.24. The number of aliphatic hydroxyl groups excluding tert-OH is 3. The van der Waals surface area contributed by atoms with Gasteiger partial charge < -0.3 is 15.3 Å². The van der Waals surface area contributed by atoms with E-state index in [0.717, 1.165) is 0 Å². The maximum Gasteiger partial charge on any atom is 0.122 e. The third kappa shape index (κ3) is 3.46. The fourth-order valence-electron chi connectivity index (χ4n) is 1.19. The molecule has 4 nitrogen and oxygen atoms in total. The summed E-state index contributed by atoms with van der Waals surface area (Å²) in [5, 5.41) is 28.0. The average molecular weight is 229 g/mol. The summed E-state index contributed by atoms with van der Waals surface area (Å²) in [5.41, 5.74) is 1.08. The topological polar surface area (TPSA) is 73.6 Å². The van der Waals surface area contributed by atoms with Gasteiger partial charge in [0.25, 0.3) is 0 Å². The Kier molecular flexibility index (Phi) is 5.04. The molecule has 1 rings (SSSR count). The number of hydrogen-bond acceptors (Lipinski definition) is 5. The van der Waals surface area contributed by atoms with Crippen LogP contribution in [-0.4, -0.2) is 32.2 Å². The Morgan fingerprint density at radius 3 is 2.53 bits per heavy atom. The molecule has 15 heavy (non-hydrogen) atoms. The largest absolute Gasteiger partial charge is 0.392 e. The van der Waals surface area contributed by atoms with Gasteiger partial charge in [0.1, 0.15) is 6.10 Å². The summed E-state index contributed by atoms with van der Waals surface area (Å²) in [6.07, 6.45) is 0.0412. The van der Waals surface area contributed by atoms with E-state index in [1.165, 1.54) is 6.20 Å². The van der Waals surface area contributed by atoms with Crippen molar-refractivity contribution in [3.63, 3.8) is 0 Å². The lowest BCUT2D eigenvalue weighted by molar-refractivity contribution is 0.0146. The summed E-state index contributed by atoms with van der Waals surface area (Å²) < 4.78 is 0. The van der Waals surface area contributed by atoms with E-state index in [9.17, 15) is 10.2 Å². The average Bonchev–Trinajstić information content (AvgIpc) is 2.28. The van der Waals surface area contributed by atoms with E-state index in [1.807, 2.05) is 0 Å². The molecule has 5 heteroatoms. The van der Waals surface area contributed by atoms with Gasteiger partial charge in [-0.2, -0.15) is 12.6 Å². The van der Waals surface area contributed by atoms with Crippen molar-refractivity contribution in [1.82, 2.24) is 4.98 Å². The van der Waals surface area contributed by atoms with Gasteiger partial charge in [0.2, 0.25) is 0 Å². The first kappa shape index (κ1) is 12.4. The normalized spacial score (nSPS) is 14.9. The standard InChI is InChI=1S/C10H15NO3S/c12-6-7-1-2-8(11-5-7)10(14)9(13)3-4-15/h1-2,5,9-10,12-15H,3-4,6H2. The molecule has 1 heterocycles. The van der Waals surface area contributed by atoms with Crippen molar-refractivity contribution in [2.24, 2.45) is 0 Å². The minimum atomic E-state index is -0.995. The van der Waals surface area contributed by atoms with Crippen molar-refractivity contribution >= 4 is 12.6 Å². The molecule has 0 aliphatic carbocycles. The zero-order valence-corrected chi connectivity index (χ0v) is 9.14. The minimum absolute atomic E-state index is 0.0808. The lowest BCUT2D eigenvalue weighted by atomic mass is 10.1. The van der Waals surface area contributed by atoms with E-state index < -0.39 is 12.2 Å². The Morgan fingerprint density at radius 2 is 2.07 bits per heavy atom. The van der Waals surface area contributed by atoms with Crippen LogP contribution >= 0.6 is 12.6 Å². The predicted octanol–water partition coefficient (Wildman–Crippen LogP) is 0.288. The molecule has 0 saturated carbocycles. The molecule has 0 saturated heterocycles. The highest BCUT2D eigenvalue weighted by molar-refractivity contribution is 7.80. The zero-order chi connectivity index (χ0) is 11.3. The molecule has 0 spiro atoms. The van der Waals surface area contributed by atoms with Crippen molar-refractivity contribution in [3.05, 3.63) is 29.6 Å². The molecular weight excluding hydrogens is 214 g/mol. The Balaban J connectivity index is 2.69. The maximum atomic E-state index is 9.67. The summed E-state index contributed by atoms with van der Waals surface area (Å²) in [7, 11) is 0. The third-order valence-electron chi connectivity index (χ3n) is 2.12. The van der Waals surface area contributed by atoms with Crippen molar-refractivity contribution in [1.29, 1.82) is 0 Å². The van der Waals surface area contributed by atoms with Crippen LogP contribution < -0.4 is 0 Å². The van der Waals surface area contributed by atoms with E-state index in [0.29, 0.717) is 23.4 Å². The second-order valence-electron chi connectivity index (χ2n) is 3.27. The van der Waals surface area contributed by atoms with Crippen LogP contribution in [0.5, 0.6) is 0 Å². The highest BCUT2D eigenvalue weighted by atomic mass is 32.1. The van der Waals surface area contributed by atoms with Crippen LogP contribution in [0.2, 0.25) is 0 Å². The first-order valence-corrected chi connectivity index (χ1v) is 5.35. The van der Waals surface area contributed by atoms with Crippen LogP contribution in [0.3, 0.4) is 0 Å². The molecule has 0 amide bonds. The first-order chi connectivity index (χ1) is 7.19. The molecule has 0 fully saturated rings. The molecule has 1 aromatic heterocycles. The van der Waals surface area contributed by atoms with Gasteiger partial charge in [0.05, 0.1) is 18.4 Å². The summed E-state index contributed by atoms with van der Waals surface area (Å²) in [4.78, 5) is 3.96. The molecule has 0 radical (unpaired) electrons. The SMILES string of the molecule is OCc1ccc(C(O)C(O)CCS)nc1. The summed E-state index contributed by atoms with van der Waals surface area (Å²) in [6.45, 7) is -0.0808. The van der Waals surface area contributed by atoms with Gasteiger partial charge in [0, 0.05) is 6.20 Å². The van der Waals surface area contributed by atoms with Gasteiger partial charge in [-0.25, -0.2) is 0 Å². The summed E-state index contributed by atoms with van der Waals surface area (Å²) in [6, 6.07) is 3.26. The fraction of sp³-hybridized carbons (Fsp3) is 0.500. The van der Waals surface area contributed by atoms with Crippen LogP contribution in [0.25, 0.3) is 0 Å². The van der Waals surface area contributed by atoms with Gasteiger partial charge in [-0.1, -0.05) is 6.07 Å². The second-order valence-corrected chi connectivity index (χ2v) is 3.72. The van der Waals surface area contributed by atoms with E-state index in [2.05, 4.69) is 17.6 Å². The van der Waals surface area contributed by atoms with Gasteiger partial charge in [-0.15, -0.1) is 0 Å². The Labute approximate surface area is 94.0 Å². The first-order valence-electron chi connectivity index (χ1n) is 4.71. The lowest BCUT2D eigenvalue weighted by Gasteiger charge is -2.16. The smallest absolute Gasteiger partial charge is 0.122 e. The molecule has 0 bridgehead atoms. The molecule has 0 aromatic carbocycles. The number of aromatic nitrogens is 1. The van der Waals surface area contributed by atoms with Crippen LogP contribution in [0.1, 0.15) is 23.8 Å². The molecule has 0 aliphatic rings. The molecule has 2 atom stereocenters. The number of aliphatic hydroxyl groups is 3. The molecular formula is C10H15NO3S. The highest BCUT2D eigenvalue weighted by Gasteiger charge is 2.18. The number of hydrogen-bond donors (Lipinski definition) is 4. The number of rotatable bonds is 5. The van der Waals surface area contributed by atoms with Crippen molar-refractivity contribution in [3.8, 4) is 0 Å². The quantitative estimate of drug-likeness (QED) is 0.548. The fourth-order valence-corrected chi connectivity index (χ4v) is 1.46. The molecule has 0 aliphatic heterocycles. The van der Waals surface area contributed by atoms with Gasteiger partial charge in [-0.05, 0) is 23.8 Å². The molecule has 1 aromatic rings. The molecule has 84 valence electrons. The lowest BCUT2D eigenvalue weighted by Crippen LogP contribution is -2.19. The van der Waals surface area contributed by atoms with Crippen LogP contribution in [0.4, 0.5) is 0 Å². The van der Waals surface area contributed by atoms with Crippen molar-refractivity contribution in [2.45, 2.75) is 25.2 Å². The Hall–Kier alpha value is -0.620. The van der Waals surface area contributed by atoms with E-state index in [-0.39, 0.29) is 6.61 Å². The molecule has 2 unspecified atom stereocenters. The number of thiol groups is 1. The predicted molar refractivity (Wildman–Crippen MR) is 59.6 cm³/mol. The molecule has 3 N–H and O–H groups in total. The van der Waals surface area contributed by atoms with Gasteiger partial charge in [0.15, 0.2) is 0 Å². The second kappa shape index (κ2) is 6.07. The Bertz CT molecular complexity index is 291. The van der Waals surface area contributed by atoms with Crippen LogP contribution in [0.15, 0.2) is 18.3 Å². The van der Waals surface area contributed by atoms with E-state index in [4.69, 9.17) is 5.11 Å². The van der Waals surface area contributed by atoms with E-state index in [1.54, 1.807) is 12.1 Å². The van der Waals surface area contributed by atoms with Crippen LogP contribution in [-0.2, 0) is 6.61 Å². The minimum Gasteiger partial charge on any atom is -0.392 e. The monoisotopic (exact) mass is 229 g/mol. The van der Waals surface area contributed by atoms with Gasteiger partial charge >= 0.3 is 0 Å². The number of nitrogens with zero attached hydrogens (tertiary/aromatic N) is 1. The van der Waals surface area contributed by atoms with Crippen molar-refractivity contribution < 1.29 is 15.3 Å². The third-order valence-corrected chi connectivity index (χ3v) is 2.38. The Morgan fingerprint density at radius 1 is 1.33 bits per heavy atom. The van der Waals surface area contributed by atoms with Crippen LogP contribution in [0, 0.1) is 0 Å². The maximum absolute atomic E-state index is 9.67. The summed E-state index contributed by atoms with van der Waals surface area (Å²) >= 11 is 3.97. The van der Waals surface area contributed by atoms with Gasteiger partial charge in [-0.3, -0.25) is 4.98 Å².